The topological polar surface area (TPSA) is 72.7 Å². The maximum absolute atomic E-state index is 13.2. The molecule has 1 aromatic heterocycles. The number of hydrogen-bond donors (Lipinski definition) is 1. The molecule has 0 fully saturated rings. The van der Waals surface area contributed by atoms with Crippen LogP contribution in [0, 0.1) is 12.7 Å². The number of carbonyl (C=O) groups excluding carboxylic acids is 1. The smallest absolute Gasteiger partial charge is 0.288 e. The van der Waals surface area contributed by atoms with E-state index in [0.717, 1.165) is 5.56 Å². The second-order valence-electron chi connectivity index (χ2n) is 5.91. The fraction of sp³-hybridized carbons (Fsp3) is 0.222. The van der Waals surface area contributed by atoms with Gasteiger partial charge < -0.3 is 5.32 Å². The van der Waals surface area contributed by atoms with Gasteiger partial charge in [-0.3, -0.25) is 4.79 Å². The lowest BCUT2D eigenvalue weighted by molar-refractivity contribution is -0.119. The van der Waals surface area contributed by atoms with Crippen molar-refractivity contribution in [1.29, 1.82) is 0 Å². The molecule has 0 saturated carbocycles. The Balaban J connectivity index is 1.82. The molecule has 0 aliphatic rings. The van der Waals surface area contributed by atoms with Gasteiger partial charge in [-0.2, -0.15) is 8.78 Å². The number of halogens is 3. The van der Waals surface area contributed by atoms with Crippen LogP contribution in [0.4, 0.5) is 18.9 Å². The highest BCUT2D eigenvalue weighted by Gasteiger charge is 2.24. The van der Waals surface area contributed by atoms with Crippen molar-refractivity contribution >= 4 is 23.4 Å². The van der Waals surface area contributed by atoms with Gasteiger partial charge >= 0.3 is 0 Å². The maximum Gasteiger partial charge on any atom is 0.288 e. The minimum absolute atomic E-state index is 0.226. The molecule has 6 nitrogen and oxygen atoms in total. The monoisotopic (exact) mass is 407 g/mol. The summed E-state index contributed by atoms with van der Waals surface area (Å²) < 4.78 is 39.7. The molecule has 0 aliphatic heterocycles. The van der Waals surface area contributed by atoms with Gasteiger partial charge in [0.05, 0.1) is 0 Å². The van der Waals surface area contributed by atoms with Gasteiger partial charge in [0.25, 0.3) is 5.76 Å². The van der Waals surface area contributed by atoms with Crippen LogP contribution in [0.5, 0.6) is 0 Å². The molecule has 3 rings (SSSR count). The van der Waals surface area contributed by atoms with Crippen molar-refractivity contribution < 1.29 is 18.0 Å². The average Bonchev–Trinajstić information content (AvgIpc) is 3.06. The fourth-order valence-corrected chi connectivity index (χ4v) is 3.19. The van der Waals surface area contributed by atoms with Crippen LogP contribution in [-0.2, 0) is 11.2 Å². The number of amides is 1. The van der Waals surface area contributed by atoms with E-state index >= 15 is 0 Å². The number of thioether (sulfide) groups is 1. The molecule has 0 saturated heterocycles. The maximum atomic E-state index is 13.2. The van der Waals surface area contributed by atoms with Gasteiger partial charge in [0, 0.05) is 17.0 Å². The first kappa shape index (κ1) is 19.9. The van der Waals surface area contributed by atoms with E-state index in [9.17, 15) is 18.0 Å². The number of nitrogens with one attached hydrogen (secondary N) is 1. The van der Waals surface area contributed by atoms with E-state index in [-0.39, 0.29) is 12.2 Å². The molecule has 1 heterocycles. The van der Waals surface area contributed by atoms with Crippen molar-refractivity contribution in [2.24, 2.45) is 0 Å². The third-order valence-electron chi connectivity index (χ3n) is 3.92. The molecular weight excluding hydrogens is 391 g/mol. The lowest BCUT2D eigenvalue weighted by Crippen LogP contribution is -2.29. The molecule has 0 aliphatic carbocycles. The normalized spacial score (nSPS) is 12.2. The highest BCUT2D eigenvalue weighted by Crippen LogP contribution is 2.27. The number of tetrazole rings is 1. The number of alkyl halides is 2. The molecule has 0 bridgehead atoms. The molecule has 1 atom stereocenters. The van der Waals surface area contributed by atoms with E-state index in [2.05, 4.69) is 20.8 Å². The summed E-state index contributed by atoms with van der Waals surface area (Å²) in [5.74, 6) is -2.92. The van der Waals surface area contributed by atoms with Crippen LogP contribution in [-0.4, -0.2) is 31.9 Å². The first-order valence-electron chi connectivity index (χ1n) is 8.27. The Bertz CT molecular complexity index is 948. The van der Waals surface area contributed by atoms with Crippen LogP contribution < -0.4 is 5.32 Å². The third kappa shape index (κ3) is 5.10. The minimum atomic E-state index is -2.55. The average molecular weight is 407 g/mol. The Morgan fingerprint density at radius 1 is 1.21 bits per heavy atom. The summed E-state index contributed by atoms with van der Waals surface area (Å²) in [6, 6.07) is 11.2. The number of rotatable bonds is 7. The Morgan fingerprint density at radius 3 is 2.61 bits per heavy atom. The van der Waals surface area contributed by atoms with Crippen molar-refractivity contribution in [3.8, 4) is 0 Å². The first-order chi connectivity index (χ1) is 13.4. The summed E-state index contributed by atoms with van der Waals surface area (Å²) in [4.78, 5) is 13.2. The number of aromatic nitrogens is 4. The van der Waals surface area contributed by atoms with Crippen LogP contribution in [0.15, 0.2) is 53.4 Å². The number of anilines is 1. The van der Waals surface area contributed by atoms with Crippen LogP contribution in [0.3, 0.4) is 0 Å². The molecule has 3 aromatic rings. The standard InChI is InChI=1S/C18H16F3N5OS/c1-11-23-24-25-26(11)16(9-12-5-7-13(19)8-6-12)17(27)22-14-3-2-4-15(10-14)28-18(20)21/h2-8,10,16,18H,9H2,1H3,(H,22,27). The Labute approximate surface area is 163 Å². The van der Waals surface area contributed by atoms with Gasteiger partial charge in [0.2, 0.25) is 5.91 Å². The predicted octanol–water partition coefficient (Wildman–Crippen LogP) is 3.86. The van der Waals surface area contributed by atoms with Gasteiger partial charge in [-0.15, -0.1) is 5.10 Å². The highest BCUT2D eigenvalue weighted by molar-refractivity contribution is 7.99. The Hall–Kier alpha value is -2.88. The van der Waals surface area contributed by atoms with E-state index in [0.29, 0.717) is 28.2 Å². The van der Waals surface area contributed by atoms with Crippen molar-refractivity contribution in [1.82, 2.24) is 20.2 Å². The highest BCUT2D eigenvalue weighted by atomic mass is 32.2. The van der Waals surface area contributed by atoms with Crippen molar-refractivity contribution in [3.05, 3.63) is 65.7 Å². The van der Waals surface area contributed by atoms with Crippen LogP contribution in [0.2, 0.25) is 0 Å². The van der Waals surface area contributed by atoms with E-state index in [4.69, 9.17) is 0 Å². The first-order valence-corrected chi connectivity index (χ1v) is 9.15. The molecule has 1 N–H and O–H groups in total. The molecule has 0 spiro atoms. The van der Waals surface area contributed by atoms with Gasteiger partial charge in [-0.25, -0.2) is 9.07 Å². The fourth-order valence-electron chi connectivity index (χ4n) is 2.64. The number of nitrogens with zero attached hydrogens (tertiary/aromatic N) is 4. The largest absolute Gasteiger partial charge is 0.324 e. The molecule has 1 amide bonds. The molecule has 10 heteroatoms. The van der Waals surface area contributed by atoms with Crippen LogP contribution in [0.1, 0.15) is 17.4 Å². The number of hydrogen-bond acceptors (Lipinski definition) is 5. The molecule has 28 heavy (non-hydrogen) atoms. The SMILES string of the molecule is Cc1nnnn1C(Cc1ccc(F)cc1)C(=O)Nc1cccc(SC(F)F)c1. The molecule has 1 unspecified atom stereocenters. The summed E-state index contributed by atoms with van der Waals surface area (Å²) in [6.07, 6.45) is 0.226. The number of aryl methyl sites for hydroxylation is 1. The molecule has 0 radical (unpaired) electrons. The lowest BCUT2D eigenvalue weighted by atomic mass is 10.0. The second-order valence-corrected chi connectivity index (χ2v) is 6.98. The zero-order chi connectivity index (χ0) is 20.1. The zero-order valence-electron chi connectivity index (χ0n) is 14.7. The van der Waals surface area contributed by atoms with E-state index < -0.39 is 17.7 Å². The van der Waals surface area contributed by atoms with E-state index in [1.807, 2.05) is 0 Å². The van der Waals surface area contributed by atoms with Crippen molar-refractivity contribution in [2.75, 3.05) is 5.32 Å². The van der Waals surface area contributed by atoms with Crippen LogP contribution >= 0.6 is 11.8 Å². The summed E-state index contributed by atoms with van der Waals surface area (Å²) in [5, 5.41) is 14.0. The second kappa shape index (κ2) is 8.87. The van der Waals surface area contributed by atoms with E-state index in [1.54, 1.807) is 31.2 Å². The van der Waals surface area contributed by atoms with Crippen molar-refractivity contribution in [3.63, 3.8) is 0 Å². The summed E-state index contributed by atoms with van der Waals surface area (Å²) in [6.45, 7) is 1.66. The molecule has 146 valence electrons. The Kier molecular flexibility index (Phi) is 6.30. The minimum Gasteiger partial charge on any atom is -0.324 e. The lowest BCUT2D eigenvalue weighted by Gasteiger charge is -2.18. The van der Waals surface area contributed by atoms with Crippen LogP contribution in [0.25, 0.3) is 0 Å². The van der Waals surface area contributed by atoms with Gasteiger partial charge in [0.15, 0.2) is 0 Å². The summed E-state index contributed by atoms with van der Waals surface area (Å²) in [7, 11) is 0. The number of carbonyl (C=O) groups is 1. The summed E-state index contributed by atoms with van der Waals surface area (Å²) in [5.41, 5.74) is 1.10. The van der Waals surface area contributed by atoms with Crippen molar-refractivity contribution in [2.45, 2.75) is 30.0 Å². The molecular formula is C18H16F3N5OS. The Morgan fingerprint density at radius 2 is 1.96 bits per heavy atom. The zero-order valence-corrected chi connectivity index (χ0v) is 15.5. The van der Waals surface area contributed by atoms with E-state index in [1.165, 1.54) is 28.9 Å². The van der Waals surface area contributed by atoms with Gasteiger partial charge in [-0.1, -0.05) is 30.0 Å². The van der Waals surface area contributed by atoms with Gasteiger partial charge in [-0.05, 0) is 53.2 Å². The van der Waals surface area contributed by atoms with Gasteiger partial charge in [0.1, 0.15) is 17.7 Å². The predicted molar refractivity (Wildman–Crippen MR) is 98.6 cm³/mol. The molecule has 2 aromatic carbocycles. The third-order valence-corrected chi connectivity index (χ3v) is 4.63. The quantitative estimate of drug-likeness (QED) is 0.602. The summed E-state index contributed by atoms with van der Waals surface area (Å²) >= 11 is 0.395. The number of benzene rings is 2.